The maximum absolute atomic E-state index is 13.3. The van der Waals surface area contributed by atoms with E-state index < -0.39 is 17.3 Å². The van der Waals surface area contributed by atoms with Gasteiger partial charge in [-0.25, -0.2) is 4.98 Å². The number of fused-ring (bicyclic) bond motifs is 1. The standard InChI is InChI=1S/C24H20F3N3O3S/c25-24(26,27)16-6-3-7-17(14-16)30-22(32)19-9-1-2-10-20(19)29-23(30)34-13-5-11-21(31)28-15-18-8-4-12-33-18/h1-4,6-10,12,14H,5,11,13,15H2,(H,28,31). The molecule has 176 valence electrons. The molecule has 0 bridgehead atoms. The number of hydrogen-bond donors (Lipinski definition) is 1. The number of carbonyl (C=O) groups is 1. The summed E-state index contributed by atoms with van der Waals surface area (Å²) in [6.07, 6.45) is -2.28. The highest BCUT2D eigenvalue weighted by atomic mass is 32.2. The van der Waals surface area contributed by atoms with E-state index >= 15 is 0 Å². The second-order valence-corrected chi connectivity index (χ2v) is 8.47. The quantitative estimate of drug-likeness (QED) is 0.210. The van der Waals surface area contributed by atoms with Crippen molar-refractivity contribution in [2.24, 2.45) is 0 Å². The average molecular weight is 488 g/mol. The van der Waals surface area contributed by atoms with E-state index in [4.69, 9.17) is 4.42 Å². The molecule has 0 aliphatic carbocycles. The summed E-state index contributed by atoms with van der Waals surface area (Å²) in [4.78, 5) is 29.8. The van der Waals surface area contributed by atoms with Crippen LogP contribution in [-0.4, -0.2) is 21.2 Å². The van der Waals surface area contributed by atoms with Gasteiger partial charge in [0.2, 0.25) is 5.91 Å². The van der Waals surface area contributed by atoms with Gasteiger partial charge in [0.15, 0.2) is 5.16 Å². The fourth-order valence-electron chi connectivity index (χ4n) is 3.34. The third-order valence-electron chi connectivity index (χ3n) is 5.00. The number of benzene rings is 2. The summed E-state index contributed by atoms with van der Waals surface area (Å²) in [7, 11) is 0. The lowest BCUT2D eigenvalue weighted by atomic mass is 10.2. The first kappa shape index (κ1) is 23.6. The molecule has 0 aliphatic heterocycles. The molecule has 0 fully saturated rings. The van der Waals surface area contributed by atoms with E-state index in [0.29, 0.717) is 35.4 Å². The summed E-state index contributed by atoms with van der Waals surface area (Å²) in [6, 6.07) is 14.8. The monoisotopic (exact) mass is 487 g/mol. The van der Waals surface area contributed by atoms with Gasteiger partial charge in [0.25, 0.3) is 5.56 Å². The zero-order valence-corrected chi connectivity index (χ0v) is 18.7. The van der Waals surface area contributed by atoms with Crippen LogP contribution < -0.4 is 10.9 Å². The van der Waals surface area contributed by atoms with Crippen LogP contribution in [0.3, 0.4) is 0 Å². The predicted molar refractivity (Wildman–Crippen MR) is 123 cm³/mol. The molecule has 10 heteroatoms. The number of alkyl halides is 3. The molecule has 2 aromatic carbocycles. The van der Waals surface area contributed by atoms with Gasteiger partial charge in [-0.05, 0) is 48.9 Å². The topological polar surface area (TPSA) is 77.1 Å². The lowest BCUT2D eigenvalue weighted by Gasteiger charge is -2.15. The van der Waals surface area contributed by atoms with Crippen LogP contribution in [0.4, 0.5) is 13.2 Å². The smallest absolute Gasteiger partial charge is 0.416 e. The van der Waals surface area contributed by atoms with E-state index in [-0.39, 0.29) is 23.2 Å². The molecule has 4 rings (SSSR count). The Morgan fingerprint density at radius 3 is 2.68 bits per heavy atom. The normalized spacial score (nSPS) is 11.6. The largest absolute Gasteiger partial charge is 0.467 e. The van der Waals surface area contributed by atoms with E-state index in [9.17, 15) is 22.8 Å². The second kappa shape index (κ2) is 10.2. The highest BCUT2D eigenvalue weighted by Gasteiger charge is 2.31. The van der Waals surface area contributed by atoms with Crippen molar-refractivity contribution in [2.75, 3.05) is 5.75 Å². The molecular weight excluding hydrogens is 467 g/mol. The van der Waals surface area contributed by atoms with Gasteiger partial charge in [-0.2, -0.15) is 13.2 Å². The highest BCUT2D eigenvalue weighted by Crippen LogP contribution is 2.31. The summed E-state index contributed by atoms with van der Waals surface area (Å²) in [5.74, 6) is 0.935. The Labute approximate surface area is 196 Å². The molecule has 0 saturated carbocycles. The first-order valence-corrected chi connectivity index (χ1v) is 11.4. The Bertz CT molecular complexity index is 1350. The molecule has 6 nitrogen and oxygen atoms in total. The molecule has 1 N–H and O–H groups in total. The average Bonchev–Trinajstić information content (AvgIpc) is 3.34. The number of hydrogen-bond acceptors (Lipinski definition) is 5. The number of rotatable bonds is 8. The summed E-state index contributed by atoms with van der Waals surface area (Å²) in [5, 5.41) is 3.33. The molecule has 4 aromatic rings. The SMILES string of the molecule is O=C(CCCSc1nc2ccccc2c(=O)n1-c1cccc(C(F)(F)F)c1)NCc1ccco1. The van der Waals surface area contributed by atoms with Crippen LogP contribution in [0.2, 0.25) is 0 Å². The van der Waals surface area contributed by atoms with Crippen molar-refractivity contribution in [3.63, 3.8) is 0 Å². The molecule has 0 atom stereocenters. The Morgan fingerprint density at radius 1 is 1.09 bits per heavy atom. The van der Waals surface area contributed by atoms with Gasteiger partial charge >= 0.3 is 6.18 Å². The first-order valence-electron chi connectivity index (χ1n) is 10.4. The van der Waals surface area contributed by atoms with Crippen LogP contribution in [0, 0.1) is 0 Å². The summed E-state index contributed by atoms with van der Waals surface area (Å²) in [6.45, 7) is 0.292. The van der Waals surface area contributed by atoms with E-state index in [2.05, 4.69) is 10.3 Å². The van der Waals surface area contributed by atoms with Crippen LogP contribution >= 0.6 is 11.8 Å². The molecule has 0 radical (unpaired) electrons. The minimum absolute atomic E-state index is 0.0803. The predicted octanol–water partition coefficient (Wildman–Crippen LogP) is 5.19. The number of amides is 1. The van der Waals surface area contributed by atoms with Gasteiger partial charge in [0, 0.05) is 12.2 Å². The van der Waals surface area contributed by atoms with E-state index in [1.54, 1.807) is 36.4 Å². The van der Waals surface area contributed by atoms with Crippen molar-refractivity contribution in [2.45, 2.75) is 30.7 Å². The van der Waals surface area contributed by atoms with E-state index in [1.165, 1.54) is 34.7 Å². The maximum atomic E-state index is 13.3. The fourth-order valence-corrected chi connectivity index (χ4v) is 4.29. The van der Waals surface area contributed by atoms with Crippen LogP contribution in [-0.2, 0) is 17.5 Å². The zero-order chi connectivity index (χ0) is 24.1. The number of para-hydroxylation sites is 1. The van der Waals surface area contributed by atoms with Gasteiger partial charge in [-0.15, -0.1) is 0 Å². The van der Waals surface area contributed by atoms with Crippen LogP contribution in [0.15, 0.2) is 81.3 Å². The molecular formula is C24H20F3N3O3S. The minimum Gasteiger partial charge on any atom is -0.467 e. The Kier molecular flexibility index (Phi) is 7.06. The number of furan rings is 1. The maximum Gasteiger partial charge on any atom is 0.416 e. The molecule has 2 heterocycles. The van der Waals surface area contributed by atoms with Crippen LogP contribution in [0.1, 0.15) is 24.2 Å². The highest BCUT2D eigenvalue weighted by molar-refractivity contribution is 7.99. The van der Waals surface area contributed by atoms with Crippen molar-refractivity contribution in [3.8, 4) is 5.69 Å². The number of halogens is 3. The lowest BCUT2D eigenvalue weighted by Crippen LogP contribution is -2.23. The molecule has 0 unspecified atom stereocenters. The number of aromatic nitrogens is 2. The number of nitrogens with one attached hydrogen (secondary N) is 1. The van der Waals surface area contributed by atoms with E-state index in [0.717, 1.165) is 12.1 Å². The van der Waals surface area contributed by atoms with Gasteiger partial charge < -0.3 is 9.73 Å². The molecule has 2 aromatic heterocycles. The van der Waals surface area contributed by atoms with Gasteiger partial charge in [-0.1, -0.05) is 30.0 Å². The first-order chi connectivity index (χ1) is 16.3. The van der Waals surface area contributed by atoms with Gasteiger partial charge in [-0.3, -0.25) is 14.2 Å². The number of carbonyl (C=O) groups excluding carboxylic acids is 1. The van der Waals surface area contributed by atoms with Crippen molar-refractivity contribution < 1.29 is 22.4 Å². The number of thioether (sulfide) groups is 1. The Hall–Kier alpha value is -3.53. The van der Waals surface area contributed by atoms with Crippen LogP contribution in [0.25, 0.3) is 16.6 Å². The Balaban J connectivity index is 1.53. The molecule has 34 heavy (non-hydrogen) atoms. The van der Waals surface area contributed by atoms with Crippen molar-refractivity contribution >= 4 is 28.6 Å². The Morgan fingerprint density at radius 2 is 1.91 bits per heavy atom. The van der Waals surface area contributed by atoms with E-state index in [1.807, 2.05) is 0 Å². The minimum atomic E-state index is -4.54. The summed E-state index contributed by atoms with van der Waals surface area (Å²) < 4.78 is 46.1. The van der Waals surface area contributed by atoms with Crippen molar-refractivity contribution in [3.05, 3.63) is 88.6 Å². The van der Waals surface area contributed by atoms with Crippen molar-refractivity contribution in [1.29, 1.82) is 0 Å². The van der Waals surface area contributed by atoms with Crippen molar-refractivity contribution in [1.82, 2.24) is 14.9 Å². The number of nitrogens with zero attached hydrogens (tertiary/aromatic N) is 2. The molecule has 0 saturated heterocycles. The fraction of sp³-hybridized carbons (Fsp3) is 0.208. The molecule has 0 aliphatic rings. The second-order valence-electron chi connectivity index (χ2n) is 7.41. The lowest BCUT2D eigenvalue weighted by molar-refractivity contribution is -0.137. The zero-order valence-electron chi connectivity index (χ0n) is 17.8. The van der Waals surface area contributed by atoms with Crippen LogP contribution in [0.5, 0.6) is 0 Å². The molecule has 0 spiro atoms. The third-order valence-corrected chi connectivity index (χ3v) is 6.02. The van der Waals surface area contributed by atoms with Gasteiger partial charge in [0.1, 0.15) is 5.76 Å². The summed E-state index contributed by atoms with van der Waals surface area (Å²) in [5.41, 5.74) is -0.774. The molecule has 1 amide bonds. The summed E-state index contributed by atoms with van der Waals surface area (Å²) >= 11 is 1.21. The third kappa shape index (κ3) is 5.51. The van der Waals surface area contributed by atoms with Gasteiger partial charge in [0.05, 0.1) is 35.0 Å².